The molecule has 0 fully saturated rings. The van der Waals surface area contributed by atoms with Crippen molar-refractivity contribution >= 4 is 23.5 Å². The Morgan fingerprint density at radius 3 is 2.77 bits per heavy atom. The fourth-order valence-corrected chi connectivity index (χ4v) is 2.96. The maximum atomic E-state index is 12.6. The Morgan fingerprint density at radius 2 is 1.92 bits per heavy atom. The normalized spacial score (nSPS) is 17.0. The highest BCUT2D eigenvalue weighted by molar-refractivity contribution is 6.54. The fraction of sp³-hybridized carbons (Fsp3) is 0.150. The zero-order chi connectivity index (χ0) is 17.9. The molecule has 0 saturated heterocycles. The van der Waals surface area contributed by atoms with Gasteiger partial charge in [-0.05, 0) is 29.8 Å². The second kappa shape index (κ2) is 6.84. The monoisotopic (exact) mass is 347 g/mol. The minimum atomic E-state index is -0.176. The van der Waals surface area contributed by atoms with Crippen LogP contribution >= 0.6 is 0 Å². The molecule has 6 nitrogen and oxygen atoms in total. The first-order valence-electron chi connectivity index (χ1n) is 8.31. The van der Waals surface area contributed by atoms with Gasteiger partial charge in [-0.1, -0.05) is 24.3 Å². The molecule has 0 saturated carbocycles. The summed E-state index contributed by atoms with van der Waals surface area (Å²) in [6.45, 7) is 5.22. The van der Waals surface area contributed by atoms with Gasteiger partial charge in [-0.3, -0.25) is 4.79 Å². The molecule has 1 amide bonds. The molecular weight excluding hydrogens is 330 g/mol. The van der Waals surface area contributed by atoms with Crippen LogP contribution in [0.4, 0.5) is 5.69 Å². The van der Waals surface area contributed by atoms with Crippen molar-refractivity contribution in [1.29, 1.82) is 0 Å². The largest absolute Gasteiger partial charge is 0.486 e. The molecule has 0 radical (unpaired) electrons. The van der Waals surface area contributed by atoms with Crippen molar-refractivity contribution in [2.45, 2.75) is 0 Å². The molecule has 0 bridgehead atoms. The van der Waals surface area contributed by atoms with Gasteiger partial charge in [-0.25, -0.2) is 0 Å². The Kier molecular flexibility index (Phi) is 4.23. The maximum absolute atomic E-state index is 12.6. The Labute approximate surface area is 151 Å². The van der Waals surface area contributed by atoms with Gasteiger partial charge < -0.3 is 14.4 Å². The van der Waals surface area contributed by atoms with Crippen molar-refractivity contribution < 1.29 is 14.3 Å². The van der Waals surface area contributed by atoms with Gasteiger partial charge in [-0.15, -0.1) is 11.7 Å². The zero-order valence-electron chi connectivity index (χ0n) is 14.1. The van der Waals surface area contributed by atoms with Gasteiger partial charge in [0.2, 0.25) is 0 Å². The van der Waals surface area contributed by atoms with E-state index < -0.39 is 0 Å². The number of rotatable bonds is 4. The molecule has 2 aliphatic heterocycles. The van der Waals surface area contributed by atoms with Crippen LogP contribution in [-0.2, 0) is 4.79 Å². The SMILES string of the molecule is C=CCN1C(=O)C(=NN=Cc2ccc3c(c2)OCCO3)c2ccccc21. The van der Waals surface area contributed by atoms with Crippen molar-refractivity contribution in [3.63, 3.8) is 0 Å². The molecule has 26 heavy (non-hydrogen) atoms. The van der Waals surface area contributed by atoms with E-state index in [1.165, 1.54) is 0 Å². The zero-order valence-corrected chi connectivity index (χ0v) is 14.1. The van der Waals surface area contributed by atoms with Gasteiger partial charge >= 0.3 is 0 Å². The summed E-state index contributed by atoms with van der Waals surface area (Å²) in [6.07, 6.45) is 3.29. The molecule has 6 heteroatoms. The summed E-state index contributed by atoms with van der Waals surface area (Å²) in [5.41, 5.74) is 2.75. The van der Waals surface area contributed by atoms with Crippen molar-refractivity contribution in [2.24, 2.45) is 10.2 Å². The standard InChI is InChI=1S/C20H17N3O3/c1-2-9-23-16-6-4-3-5-15(16)19(20(23)24)22-21-13-14-7-8-17-18(12-14)26-11-10-25-17/h2-8,12-13H,1,9-11H2. The number of para-hydroxylation sites is 1. The van der Waals surface area contributed by atoms with Crippen LogP contribution in [0.25, 0.3) is 0 Å². The lowest BCUT2D eigenvalue weighted by molar-refractivity contribution is -0.112. The summed E-state index contributed by atoms with van der Waals surface area (Å²) < 4.78 is 11.1. The van der Waals surface area contributed by atoms with Crippen LogP contribution in [0.2, 0.25) is 0 Å². The van der Waals surface area contributed by atoms with Crippen LogP contribution in [0, 0.1) is 0 Å². The van der Waals surface area contributed by atoms with Gasteiger partial charge in [0.25, 0.3) is 5.91 Å². The predicted octanol–water partition coefficient (Wildman–Crippen LogP) is 2.81. The predicted molar refractivity (Wildman–Crippen MR) is 101 cm³/mol. The first kappa shape index (κ1) is 16.1. The molecule has 0 aliphatic carbocycles. The van der Waals surface area contributed by atoms with E-state index in [4.69, 9.17) is 9.47 Å². The summed E-state index contributed by atoms with van der Waals surface area (Å²) >= 11 is 0. The van der Waals surface area contributed by atoms with Crippen molar-refractivity contribution in [3.8, 4) is 11.5 Å². The average molecular weight is 347 g/mol. The molecule has 2 aromatic carbocycles. The third-order valence-corrected chi connectivity index (χ3v) is 4.14. The molecule has 2 heterocycles. The number of fused-ring (bicyclic) bond motifs is 2. The number of carbonyl (C=O) groups is 1. The molecule has 0 spiro atoms. The van der Waals surface area contributed by atoms with E-state index in [1.807, 2.05) is 42.5 Å². The van der Waals surface area contributed by atoms with E-state index >= 15 is 0 Å². The van der Waals surface area contributed by atoms with Crippen LogP contribution in [-0.4, -0.2) is 37.6 Å². The third kappa shape index (κ3) is 2.86. The second-order valence-corrected chi connectivity index (χ2v) is 5.82. The van der Waals surface area contributed by atoms with Crippen molar-refractivity contribution in [2.75, 3.05) is 24.7 Å². The fourth-order valence-electron chi connectivity index (χ4n) is 2.96. The van der Waals surface area contributed by atoms with E-state index in [-0.39, 0.29) is 5.91 Å². The topological polar surface area (TPSA) is 63.5 Å². The lowest BCUT2D eigenvalue weighted by atomic mass is 10.1. The number of carbonyl (C=O) groups excluding carboxylic acids is 1. The Bertz CT molecular complexity index is 934. The molecule has 2 aliphatic rings. The lowest BCUT2D eigenvalue weighted by Crippen LogP contribution is -2.30. The maximum Gasteiger partial charge on any atom is 0.279 e. The molecule has 0 aromatic heterocycles. The summed E-state index contributed by atoms with van der Waals surface area (Å²) in [7, 11) is 0. The number of nitrogens with zero attached hydrogens (tertiary/aromatic N) is 3. The summed E-state index contributed by atoms with van der Waals surface area (Å²) in [6, 6.07) is 13.1. The first-order valence-corrected chi connectivity index (χ1v) is 8.31. The number of hydrogen-bond acceptors (Lipinski definition) is 5. The van der Waals surface area contributed by atoms with Crippen LogP contribution in [0.3, 0.4) is 0 Å². The first-order chi connectivity index (χ1) is 12.8. The molecular formula is C20H17N3O3. The Balaban J connectivity index is 1.61. The highest BCUT2D eigenvalue weighted by Crippen LogP contribution is 2.31. The van der Waals surface area contributed by atoms with Crippen LogP contribution in [0.15, 0.2) is 65.3 Å². The Hall–Kier alpha value is -3.41. The number of hydrogen-bond donors (Lipinski definition) is 0. The third-order valence-electron chi connectivity index (χ3n) is 4.14. The van der Waals surface area contributed by atoms with E-state index in [1.54, 1.807) is 17.2 Å². The highest BCUT2D eigenvalue weighted by Gasteiger charge is 2.32. The number of anilines is 1. The minimum absolute atomic E-state index is 0.176. The van der Waals surface area contributed by atoms with Gasteiger partial charge in [0.15, 0.2) is 17.2 Å². The second-order valence-electron chi connectivity index (χ2n) is 5.82. The molecule has 4 rings (SSSR count). The quantitative estimate of drug-likeness (QED) is 0.485. The summed E-state index contributed by atoms with van der Waals surface area (Å²) in [5, 5.41) is 8.28. The van der Waals surface area contributed by atoms with E-state index in [9.17, 15) is 4.79 Å². The average Bonchev–Trinajstić information content (AvgIpc) is 2.94. The summed E-state index contributed by atoms with van der Waals surface area (Å²) in [4.78, 5) is 14.3. The minimum Gasteiger partial charge on any atom is -0.486 e. The van der Waals surface area contributed by atoms with Gasteiger partial charge in [0.1, 0.15) is 13.2 Å². The van der Waals surface area contributed by atoms with Crippen LogP contribution in [0.1, 0.15) is 11.1 Å². The molecule has 2 aromatic rings. The van der Waals surface area contributed by atoms with Crippen molar-refractivity contribution in [1.82, 2.24) is 0 Å². The Morgan fingerprint density at radius 1 is 1.12 bits per heavy atom. The summed E-state index contributed by atoms with van der Waals surface area (Å²) in [5.74, 6) is 1.23. The van der Waals surface area contributed by atoms with E-state index in [0.29, 0.717) is 31.2 Å². The van der Waals surface area contributed by atoms with Gasteiger partial charge in [0, 0.05) is 12.1 Å². The van der Waals surface area contributed by atoms with Crippen LogP contribution in [0.5, 0.6) is 11.5 Å². The van der Waals surface area contributed by atoms with Gasteiger partial charge in [-0.2, -0.15) is 5.10 Å². The van der Waals surface area contributed by atoms with Crippen LogP contribution < -0.4 is 14.4 Å². The lowest BCUT2D eigenvalue weighted by Gasteiger charge is -2.18. The number of ether oxygens (including phenoxy) is 2. The number of benzene rings is 2. The van der Waals surface area contributed by atoms with Crippen molar-refractivity contribution in [3.05, 3.63) is 66.2 Å². The van der Waals surface area contributed by atoms with Gasteiger partial charge in [0.05, 0.1) is 11.9 Å². The molecule has 0 unspecified atom stereocenters. The molecule has 130 valence electrons. The smallest absolute Gasteiger partial charge is 0.279 e. The highest BCUT2D eigenvalue weighted by atomic mass is 16.6. The molecule has 0 N–H and O–H groups in total. The van der Waals surface area contributed by atoms with E-state index in [0.717, 1.165) is 22.6 Å². The molecule has 0 atom stereocenters. The number of amides is 1. The van der Waals surface area contributed by atoms with E-state index in [2.05, 4.69) is 16.8 Å².